The van der Waals surface area contributed by atoms with Crippen LogP contribution < -0.4 is 5.32 Å². The van der Waals surface area contributed by atoms with E-state index in [1.165, 1.54) is 24.4 Å². The summed E-state index contributed by atoms with van der Waals surface area (Å²) in [6, 6.07) is 9.21. The number of anilines is 1. The van der Waals surface area contributed by atoms with E-state index in [0.29, 0.717) is 5.56 Å². The summed E-state index contributed by atoms with van der Waals surface area (Å²) in [7, 11) is -3.42. The molecule has 2 rings (SSSR count). The van der Waals surface area contributed by atoms with Gasteiger partial charge in [0.1, 0.15) is 10.7 Å². The van der Waals surface area contributed by atoms with Crippen LogP contribution in [0.1, 0.15) is 5.56 Å². The van der Waals surface area contributed by atoms with Gasteiger partial charge in [0.2, 0.25) is 0 Å². The number of benzene rings is 1. The van der Waals surface area contributed by atoms with Gasteiger partial charge in [-0.25, -0.2) is 13.4 Å². The topological polar surface area (TPSA) is 102 Å². The van der Waals surface area contributed by atoms with Crippen LogP contribution in [0.4, 0.5) is 11.5 Å². The highest BCUT2D eigenvalue weighted by Crippen LogP contribution is 2.22. The van der Waals surface area contributed by atoms with Gasteiger partial charge in [0.25, 0.3) is 5.69 Å². The maximum atomic E-state index is 11.7. The Hall–Kier alpha value is -2.48. The van der Waals surface area contributed by atoms with Crippen LogP contribution in [0.2, 0.25) is 0 Å². The van der Waals surface area contributed by atoms with Crippen LogP contribution in [0.25, 0.3) is 0 Å². The third-order valence-corrected chi connectivity index (χ3v) is 3.93. The van der Waals surface area contributed by atoms with Crippen molar-refractivity contribution >= 4 is 21.3 Å². The Morgan fingerprint density at radius 1 is 1.24 bits per heavy atom. The fourth-order valence-corrected chi connectivity index (χ4v) is 2.64. The molecule has 0 radical (unpaired) electrons. The molecule has 0 saturated carbocycles. The fourth-order valence-electron chi connectivity index (χ4n) is 1.84. The summed E-state index contributed by atoms with van der Waals surface area (Å²) in [5.41, 5.74) is 0.425. The summed E-state index contributed by atoms with van der Waals surface area (Å²) in [5, 5.41) is 13.8. The van der Waals surface area contributed by atoms with E-state index in [9.17, 15) is 18.5 Å². The van der Waals surface area contributed by atoms with Gasteiger partial charge in [0.15, 0.2) is 9.84 Å². The molecule has 21 heavy (non-hydrogen) atoms. The smallest absolute Gasteiger partial charge is 0.274 e. The number of rotatable bonds is 5. The average molecular weight is 307 g/mol. The lowest BCUT2D eigenvalue weighted by Gasteiger charge is -2.09. The van der Waals surface area contributed by atoms with Gasteiger partial charge < -0.3 is 5.32 Å². The van der Waals surface area contributed by atoms with E-state index < -0.39 is 14.8 Å². The van der Waals surface area contributed by atoms with Gasteiger partial charge in [-0.2, -0.15) is 0 Å². The molecule has 8 heteroatoms. The number of nitrogens with zero attached hydrogens (tertiary/aromatic N) is 2. The van der Waals surface area contributed by atoms with Crippen LogP contribution in [0.15, 0.2) is 47.5 Å². The lowest BCUT2D eigenvalue weighted by Crippen LogP contribution is -2.09. The Morgan fingerprint density at radius 2 is 1.95 bits per heavy atom. The van der Waals surface area contributed by atoms with E-state index in [1.807, 2.05) is 0 Å². The van der Waals surface area contributed by atoms with Crippen LogP contribution in [0, 0.1) is 10.1 Å². The van der Waals surface area contributed by atoms with E-state index in [2.05, 4.69) is 10.3 Å². The summed E-state index contributed by atoms with van der Waals surface area (Å²) in [5.74, 6) is 0.179. The molecule has 1 aromatic heterocycles. The predicted molar refractivity (Wildman–Crippen MR) is 77.8 cm³/mol. The maximum Gasteiger partial charge on any atom is 0.274 e. The quantitative estimate of drug-likeness (QED) is 0.669. The maximum absolute atomic E-state index is 11.7. The van der Waals surface area contributed by atoms with E-state index >= 15 is 0 Å². The first kappa shape index (κ1) is 14.9. The van der Waals surface area contributed by atoms with E-state index in [1.54, 1.807) is 18.2 Å². The molecule has 0 fully saturated rings. The van der Waals surface area contributed by atoms with E-state index in [-0.39, 0.29) is 22.9 Å². The normalized spacial score (nSPS) is 11.1. The summed E-state index contributed by atoms with van der Waals surface area (Å²) >= 11 is 0. The first-order chi connectivity index (χ1) is 9.89. The molecule has 0 atom stereocenters. The number of pyridine rings is 1. The summed E-state index contributed by atoms with van der Waals surface area (Å²) in [6.07, 6.45) is 2.54. The highest BCUT2D eigenvalue weighted by Gasteiger charge is 2.16. The number of nitrogens with one attached hydrogen (secondary N) is 1. The van der Waals surface area contributed by atoms with Crippen molar-refractivity contribution in [3.63, 3.8) is 0 Å². The largest absolute Gasteiger partial charge is 0.365 e. The van der Waals surface area contributed by atoms with Crippen LogP contribution in [-0.4, -0.2) is 24.6 Å². The fraction of sp³-hybridized carbons (Fsp3) is 0.154. The van der Waals surface area contributed by atoms with E-state index in [4.69, 9.17) is 0 Å². The molecule has 1 heterocycles. The third kappa shape index (κ3) is 3.54. The molecular weight excluding hydrogens is 294 g/mol. The second-order valence-electron chi connectivity index (χ2n) is 4.36. The van der Waals surface area contributed by atoms with Crippen molar-refractivity contribution in [2.24, 2.45) is 0 Å². The number of aromatic nitrogens is 1. The van der Waals surface area contributed by atoms with Crippen molar-refractivity contribution < 1.29 is 13.3 Å². The van der Waals surface area contributed by atoms with Crippen molar-refractivity contribution in [3.05, 3.63) is 58.3 Å². The van der Waals surface area contributed by atoms with Gasteiger partial charge in [-0.15, -0.1) is 0 Å². The number of para-hydroxylation sites is 1. The Labute approximate surface area is 121 Å². The Morgan fingerprint density at radius 3 is 2.62 bits per heavy atom. The Bertz CT molecular complexity index is 774. The molecule has 0 amide bonds. The minimum absolute atomic E-state index is 0.0261. The van der Waals surface area contributed by atoms with Gasteiger partial charge in [0.05, 0.1) is 4.92 Å². The van der Waals surface area contributed by atoms with Crippen molar-refractivity contribution in [3.8, 4) is 0 Å². The second-order valence-corrected chi connectivity index (χ2v) is 6.35. The zero-order chi connectivity index (χ0) is 15.5. The number of sulfone groups is 1. The highest BCUT2D eigenvalue weighted by atomic mass is 32.2. The highest BCUT2D eigenvalue weighted by molar-refractivity contribution is 7.90. The standard InChI is InChI=1S/C13H13N3O4S/c1-21(19,20)12-7-4-8-14-13(12)15-9-10-5-2-3-6-11(10)16(17)18/h2-8H,9H2,1H3,(H,14,15). The summed E-state index contributed by atoms with van der Waals surface area (Å²) in [6.45, 7) is 0.108. The van der Waals surface area contributed by atoms with Crippen molar-refractivity contribution in [1.82, 2.24) is 4.98 Å². The van der Waals surface area contributed by atoms with Crippen molar-refractivity contribution in [2.45, 2.75) is 11.4 Å². The average Bonchev–Trinajstić information content (AvgIpc) is 2.44. The van der Waals surface area contributed by atoms with Gasteiger partial charge >= 0.3 is 0 Å². The summed E-state index contributed by atoms with van der Waals surface area (Å²) in [4.78, 5) is 14.5. The molecule has 2 aromatic rings. The van der Waals surface area contributed by atoms with Crippen LogP contribution in [0.3, 0.4) is 0 Å². The molecule has 0 bridgehead atoms. The van der Waals surface area contributed by atoms with Gasteiger partial charge in [0, 0.05) is 30.6 Å². The lowest BCUT2D eigenvalue weighted by molar-refractivity contribution is -0.385. The molecular formula is C13H13N3O4S. The van der Waals surface area contributed by atoms with Crippen molar-refractivity contribution in [1.29, 1.82) is 0 Å². The van der Waals surface area contributed by atoms with Crippen LogP contribution in [0.5, 0.6) is 0 Å². The molecule has 7 nitrogen and oxygen atoms in total. The van der Waals surface area contributed by atoms with Gasteiger partial charge in [-0.3, -0.25) is 10.1 Å². The number of hydrogen-bond donors (Lipinski definition) is 1. The first-order valence-corrected chi connectivity index (χ1v) is 7.90. The number of hydrogen-bond acceptors (Lipinski definition) is 6. The molecule has 110 valence electrons. The molecule has 0 saturated heterocycles. The zero-order valence-electron chi connectivity index (χ0n) is 11.2. The van der Waals surface area contributed by atoms with Crippen LogP contribution in [-0.2, 0) is 16.4 Å². The molecule has 1 N–H and O–H groups in total. The van der Waals surface area contributed by atoms with E-state index in [0.717, 1.165) is 6.26 Å². The second kappa shape index (κ2) is 5.88. The first-order valence-electron chi connectivity index (χ1n) is 6.01. The Kier molecular flexibility index (Phi) is 4.18. The molecule has 0 spiro atoms. The predicted octanol–water partition coefficient (Wildman–Crippen LogP) is 2.01. The molecule has 0 aliphatic heterocycles. The van der Waals surface area contributed by atoms with Gasteiger partial charge in [-0.05, 0) is 12.1 Å². The summed E-state index contributed by atoms with van der Waals surface area (Å²) < 4.78 is 23.3. The Balaban J connectivity index is 2.28. The monoisotopic (exact) mass is 307 g/mol. The molecule has 0 unspecified atom stereocenters. The SMILES string of the molecule is CS(=O)(=O)c1cccnc1NCc1ccccc1[N+](=O)[O-]. The number of nitro benzene ring substituents is 1. The lowest BCUT2D eigenvalue weighted by atomic mass is 10.2. The molecule has 0 aliphatic carbocycles. The minimum atomic E-state index is -3.42. The van der Waals surface area contributed by atoms with Crippen molar-refractivity contribution in [2.75, 3.05) is 11.6 Å². The molecule has 1 aromatic carbocycles. The molecule has 0 aliphatic rings. The third-order valence-electron chi connectivity index (χ3n) is 2.80. The van der Waals surface area contributed by atoms with Gasteiger partial charge in [-0.1, -0.05) is 18.2 Å². The van der Waals surface area contributed by atoms with Crippen LogP contribution >= 0.6 is 0 Å². The minimum Gasteiger partial charge on any atom is -0.365 e. The number of nitro groups is 1. The zero-order valence-corrected chi connectivity index (χ0v) is 12.0.